The lowest BCUT2D eigenvalue weighted by Crippen LogP contribution is -2.30. The Morgan fingerprint density at radius 2 is 2.60 bits per heavy atom. The molecule has 1 aliphatic rings. The van der Waals surface area contributed by atoms with Crippen LogP contribution in [0.2, 0.25) is 0 Å². The molecule has 1 N–H and O–H groups in total. The number of rotatable bonds is 2. The molecule has 78 valence electrons. The van der Waals surface area contributed by atoms with Gasteiger partial charge in [0.15, 0.2) is 0 Å². The molecule has 0 fully saturated rings. The molecule has 0 unspecified atom stereocenters. The molecule has 5 heteroatoms. The van der Waals surface area contributed by atoms with Crippen molar-refractivity contribution >= 4 is 5.57 Å². The Hall–Kier alpha value is -1.67. The highest BCUT2D eigenvalue weighted by molar-refractivity contribution is 5.61. The summed E-state index contributed by atoms with van der Waals surface area (Å²) in [6.07, 6.45) is 8.31. The number of nitrogens with zero attached hydrogens (tertiary/aromatic N) is 4. The van der Waals surface area contributed by atoms with E-state index in [0.29, 0.717) is 18.4 Å². The quantitative estimate of drug-likeness (QED) is 0.691. The minimum absolute atomic E-state index is 0.365. The summed E-state index contributed by atoms with van der Waals surface area (Å²) < 4.78 is 0. The van der Waals surface area contributed by atoms with E-state index in [4.69, 9.17) is 6.42 Å². The minimum Gasteiger partial charge on any atom is -0.310 e. The molecule has 0 saturated heterocycles. The second kappa shape index (κ2) is 4.24. The van der Waals surface area contributed by atoms with Crippen molar-refractivity contribution in [2.45, 2.75) is 25.9 Å². The molecule has 0 amide bonds. The fourth-order valence-electron chi connectivity index (χ4n) is 1.45. The van der Waals surface area contributed by atoms with Crippen molar-refractivity contribution < 1.29 is 0 Å². The molecule has 1 aromatic rings. The van der Waals surface area contributed by atoms with Crippen LogP contribution in [0.1, 0.15) is 19.2 Å². The number of tetrazole rings is 1. The van der Waals surface area contributed by atoms with Crippen LogP contribution in [-0.2, 0) is 6.54 Å². The molecule has 0 spiro atoms. The predicted molar refractivity (Wildman–Crippen MR) is 56.7 cm³/mol. The normalized spacial score (nSPS) is 20.8. The molecule has 0 bridgehead atoms. The molecular formula is C10H13N5. The lowest BCUT2D eigenvalue weighted by Gasteiger charge is -2.17. The number of terminal acetylenes is 1. The molecular weight excluding hydrogens is 190 g/mol. The maximum atomic E-state index is 5.16. The molecule has 0 aromatic carbocycles. The van der Waals surface area contributed by atoms with Crippen LogP contribution < -0.4 is 5.32 Å². The van der Waals surface area contributed by atoms with Gasteiger partial charge < -0.3 is 5.32 Å². The highest BCUT2D eigenvalue weighted by Gasteiger charge is 2.14. The lowest BCUT2D eigenvalue weighted by atomic mass is 10.1. The van der Waals surface area contributed by atoms with Crippen molar-refractivity contribution in [1.29, 1.82) is 0 Å². The van der Waals surface area contributed by atoms with Gasteiger partial charge >= 0.3 is 0 Å². The maximum Gasteiger partial charge on any atom is 0.201 e. The monoisotopic (exact) mass is 203 g/mol. The summed E-state index contributed by atoms with van der Waals surface area (Å²) in [7, 11) is 0. The third-order valence-electron chi connectivity index (χ3n) is 2.33. The zero-order chi connectivity index (χ0) is 10.7. The Kier molecular flexibility index (Phi) is 2.79. The van der Waals surface area contributed by atoms with Gasteiger partial charge in [0, 0.05) is 18.2 Å². The van der Waals surface area contributed by atoms with Crippen molar-refractivity contribution in [3.8, 4) is 12.3 Å². The van der Waals surface area contributed by atoms with Gasteiger partial charge in [-0.3, -0.25) is 0 Å². The van der Waals surface area contributed by atoms with Crippen molar-refractivity contribution in [2.24, 2.45) is 0 Å². The number of aromatic nitrogens is 4. The first-order valence-corrected chi connectivity index (χ1v) is 4.93. The van der Waals surface area contributed by atoms with E-state index >= 15 is 0 Å². The Bertz CT molecular complexity index is 412. The number of hydrogen-bond acceptors (Lipinski definition) is 4. The van der Waals surface area contributed by atoms with Crippen molar-refractivity contribution in [3.05, 3.63) is 11.9 Å². The predicted octanol–water partition coefficient (Wildman–Crippen LogP) is 0.0715. The van der Waals surface area contributed by atoms with Crippen molar-refractivity contribution in [1.82, 2.24) is 25.5 Å². The fraction of sp³-hybridized carbons (Fsp3) is 0.500. The topological polar surface area (TPSA) is 55.6 Å². The molecule has 15 heavy (non-hydrogen) atoms. The summed E-state index contributed by atoms with van der Waals surface area (Å²) in [5.41, 5.74) is 1.09. The van der Waals surface area contributed by atoms with E-state index in [0.717, 1.165) is 18.5 Å². The maximum absolute atomic E-state index is 5.16. The second-order valence-electron chi connectivity index (χ2n) is 3.59. The zero-order valence-corrected chi connectivity index (χ0v) is 8.64. The molecule has 5 nitrogen and oxygen atoms in total. The van der Waals surface area contributed by atoms with Crippen molar-refractivity contribution in [2.75, 3.05) is 6.54 Å². The van der Waals surface area contributed by atoms with Gasteiger partial charge in [0.2, 0.25) is 5.82 Å². The Morgan fingerprint density at radius 3 is 3.27 bits per heavy atom. The molecule has 2 rings (SSSR count). The summed E-state index contributed by atoms with van der Waals surface area (Å²) >= 11 is 0. The van der Waals surface area contributed by atoms with E-state index in [2.05, 4.69) is 39.6 Å². The summed E-state index contributed by atoms with van der Waals surface area (Å²) in [6.45, 7) is 3.31. The molecule has 1 atom stereocenters. The summed E-state index contributed by atoms with van der Waals surface area (Å²) in [4.78, 5) is 1.42. The average molecular weight is 203 g/mol. The van der Waals surface area contributed by atoms with Gasteiger partial charge in [-0.1, -0.05) is 12.0 Å². The van der Waals surface area contributed by atoms with Crippen LogP contribution >= 0.6 is 0 Å². The molecule has 0 saturated carbocycles. The van der Waals surface area contributed by atoms with Crippen LogP contribution in [0, 0.1) is 12.3 Å². The van der Waals surface area contributed by atoms with Gasteiger partial charge in [0.25, 0.3) is 0 Å². The Morgan fingerprint density at radius 1 is 1.73 bits per heavy atom. The first-order chi connectivity index (χ1) is 7.29. The Labute approximate surface area is 88.6 Å². The molecule has 0 radical (unpaired) electrons. The van der Waals surface area contributed by atoms with E-state index in [1.165, 1.54) is 4.80 Å². The van der Waals surface area contributed by atoms with Crippen LogP contribution in [0.3, 0.4) is 0 Å². The summed E-state index contributed by atoms with van der Waals surface area (Å²) in [5.74, 6) is 3.14. The summed E-state index contributed by atoms with van der Waals surface area (Å²) in [5, 5.41) is 15.4. The Balaban J connectivity index is 2.13. The van der Waals surface area contributed by atoms with E-state index in [-0.39, 0.29) is 0 Å². The smallest absolute Gasteiger partial charge is 0.201 e. The molecule has 1 aromatic heterocycles. The first kappa shape index (κ1) is 9.87. The third kappa shape index (κ3) is 2.22. The van der Waals surface area contributed by atoms with Gasteiger partial charge in [-0.05, 0) is 18.6 Å². The first-order valence-electron chi connectivity index (χ1n) is 4.93. The van der Waals surface area contributed by atoms with Gasteiger partial charge in [0.1, 0.15) is 6.54 Å². The van der Waals surface area contributed by atoms with E-state index < -0.39 is 0 Å². The molecule has 2 heterocycles. The highest BCUT2D eigenvalue weighted by Crippen LogP contribution is 2.13. The van der Waals surface area contributed by atoms with E-state index in [9.17, 15) is 0 Å². The number of nitrogens with one attached hydrogen (secondary N) is 1. The highest BCUT2D eigenvalue weighted by atomic mass is 15.6. The molecule has 1 aliphatic heterocycles. The second-order valence-corrected chi connectivity index (χ2v) is 3.59. The molecule has 0 aliphatic carbocycles. The minimum atomic E-state index is 0.365. The standard InChI is InChI=1S/C10H13N5/c1-3-6-15-13-10(12-14-15)9-5-4-8(2)11-7-9/h1,5,8,11H,4,6-7H2,2H3/t8-/m1/s1. The van der Waals surface area contributed by atoms with Gasteiger partial charge in [-0.15, -0.1) is 16.6 Å². The van der Waals surface area contributed by atoms with Crippen LogP contribution in [-0.4, -0.2) is 32.8 Å². The zero-order valence-electron chi connectivity index (χ0n) is 8.64. The van der Waals surface area contributed by atoms with E-state index in [1.807, 2.05) is 0 Å². The number of hydrogen-bond donors (Lipinski definition) is 1. The van der Waals surface area contributed by atoms with Crippen LogP contribution in [0.5, 0.6) is 0 Å². The summed E-state index contributed by atoms with van der Waals surface area (Å²) in [6, 6.07) is 0.523. The fourth-order valence-corrected chi connectivity index (χ4v) is 1.45. The van der Waals surface area contributed by atoms with Gasteiger partial charge in [0.05, 0.1) is 0 Å². The SMILES string of the molecule is C#CCn1nnc(C2=CC[C@@H](C)NC2)n1. The third-order valence-corrected chi connectivity index (χ3v) is 2.33. The van der Waals surface area contributed by atoms with E-state index in [1.54, 1.807) is 0 Å². The average Bonchev–Trinajstić information content (AvgIpc) is 2.68. The van der Waals surface area contributed by atoms with Gasteiger partial charge in [-0.25, -0.2) is 0 Å². The van der Waals surface area contributed by atoms with Crippen molar-refractivity contribution in [3.63, 3.8) is 0 Å². The van der Waals surface area contributed by atoms with Crippen LogP contribution in [0.4, 0.5) is 0 Å². The van der Waals surface area contributed by atoms with Crippen LogP contribution in [0.15, 0.2) is 6.08 Å². The largest absolute Gasteiger partial charge is 0.310 e. The lowest BCUT2D eigenvalue weighted by molar-refractivity contribution is 0.574. The van der Waals surface area contributed by atoms with Gasteiger partial charge in [-0.2, -0.15) is 4.80 Å². The van der Waals surface area contributed by atoms with Crippen LogP contribution in [0.25, 0.3) is 5.57 Å².